The van der Waals surface area contributed by atoms with Crippen molar-refractivity contribution < 1.29 is 4.79 Å². The van der Waals surface area contributed by atoms with Gasteiger partial charge in [0.2, 0.25) is 11.0 Å². The number of hydrogen-bond donors (Lipinski definition) is 2. The van der Waals surface area contributed by atoms with Gasteiger partial charge >= 0.3 is 0 Å². The molecule has 0 spiro atoms. The van der Waals surface area contributed by atoms with E-state index in [2.05, 4.69) is 31.9 Å². The van der Waals surface area contributed by atoms with Crippen molar-refractivity contribution >= 4 is 60.8 Å². The van der Waals surface area contributed by atoms with Gasteiger partial charge in [0.15, 0.2) is 9.47 Å². The molecule has 0 bridgehead atoms. The number of rotatable bonds is 6. The maximum atomic E-state index is 12.2. The van der Waals surface area contributed by atoms with Crippen molar-refractivity contribution in [2.75, 3.05) is 16.4 Å². The number of nitrogens with zero attached hydrogens (tertiary/aromatic N) is 3. The van der Waals surface area contributed by atoms with E-state index in [9.17, 15) is 4.79 Å². The molecule has 6 nitrogen and oxygen atoms in total. The molecule has 4 rings (SSSR count). The summed E-state index contributed by atoms with van der Waals surface area (Å²) >= 11 is 4.42. The van der Waals surface area contributed by atoms with Gasteiger partial charge in [-0.25, -0.2) is 4.98 Å². The van der Waals surface area contributed by atoms with E-state index in [1.807, 2.05) is 19.1 Å². The molecular weight excluding hydrogens is 398 g/mol. The zero-order valence-electron chi connectivity index (χ0n) is 15.0. The molecule has 0 aliphatic heterocycles. The van der Waals surface area contributed by atoms with Crippen molar-refractivity contribution in [3.05, 3.63) is 23.8 Å². The van der Waals surface area contributed by atoms with E-state index in [1.54, 1.807) is 0 Å². The third-order valence-electron chi connectivity index (χ3n) is 4.46. The van der Waals surface area contributed by atoms with Crippen LogP contribution in [0.5, 0.6) is 0 Å². The molecule has 9 heteroatoms. The fourth-order valence-electron chi connectivity index (χ4n) is 3.12. The van der Waals surface area contributed by atoms with Crippen LogP contribution in [-0.2, 0) is 4.79 Å². The first-order valence-corrected chi connectivity index (χ1v) is 11.7. The first kappa shape index (κ1) is 18.6. The Morgan fingerprint density at radius 2 is 2.04 bits per heavy atom. The second kappa shape index (κ2) is 8.53. The smallest absolute Gasteiger partial charge is 0.236 e. The Bertz CT molecular complexity index is 932. The van der Waals surface area contributed by atoms with Crippen molar-refractivity contribution in [2.45, 2.75) is 49.4 Å². The van der Waals surface area contributed by atoms with Gasteiger partial charge in [0.25, 0.3) is 0 Å². The number of thiazole rings is 1. The van der Waals surface area contributed by atoms with Gasteiger partial charge < -0.3 is 10.6 Å². The molecule has 1 aromatic carbocycles. The summed E-state index contributed by atoms with van der Waals surface area (Å²) in [5.41, 5.74) is 2.10. The summed E-state index contributed by atoms with van der Waals surface area (Å²) in [6.45, 7) is 2.05. The topological polar surface area (TPSA) is 79.8 Å². The minimum atomic E-state index is -0.0761. The third kappa shape index (κ3) is 4.97. The number of carbonyl (C=O) groups is 1. The monoisotopic (exact) mass is 419 g/mol. The largest absolute Gasteiger partial charge is 0.357 e. The molecule has 0 unspecified atom stereocenters. The van der Waals surface area contributed by atoms with Crippen LogP contribution in [0.3, 0.4) is 0 Å². The molecule has 3 aromatic rings. The third-order valence-corrected chi connectivity index (χ3v) is 7.38. The molecular formula is C18H21N5OS3. The minimum Gasteiger partial charge on any atom is -0.357 e. The van der Waals surface area contributed by atoms with Gasteiger partial charge in [-0.1, -0.05) is 59.8 Å². The number of aromatic nitrogens is 3. The number of nitrogens with one attached hydrogen (secondary N) is 2. The van der Waals surface area contributed by atoms with Gasteiger partial charge in [-0.15, -0.1) is 10.2 Å². The molecule has 1 fully saturated rings. The zero-order valence-corrected chi connectivity index (χ0v) is 17.5. The molecule has 27 heavy (non-hydrogen) atoms. The lowest BCUT2D eigenvalue weighted by molar-refractivity contribution is -0.113. The normalized spacial score (nSPS) is 15.1. The number of fused-ring (bicyclic) bond motifs is 1. The summed E-state index contributed by atoms with van der Waals surface area (Å²) in [6, 6.07) is 6.60. The van der Waals surface area contributed by atoms with E-state index in [4.69, 9.17) is 0 Å². The predicted octanol–water partition coefficient (Wildman–Crippen LogP) is 4.93. The van der Waals surface area contributed by atoms with Crippen LogP contribution in [-0.4, -0.2) is 32.9 Å². The molecule has 1 aliphatic rings. The predicted molar refractivity (Wildman–Crippen MR) is 114 cm³/mol. The maximum Gasteiger partial charge on any atom is 0.236 e. The fourth-order valence-corrected chi connectivity index (χ4v) is 5.73. The molecule has 0 atom stereocenters. The molecule has 1 amide bonds. The van der Waals surface area contributed by atoms with Crippen LogP contribution in [0.2, 0.25) is 0 Å². The number of anilines is 2. The number of thioether (sulfide) groups is 1. The summed E-state index contributed by atoms with van der Waals surface area (Å²) in [4.78, 5) is 16.7. The molecule has 142 valence electrons. The van der Waals surface area contributed by atoms with Crippen molar-refractivity contribution in [1.82, 2.24) is 15.2 Å². The number of carbonyl (C=O) groups excluding carboxylic acids is 1. The van der Waals surface area contributed by atoms with Crippen LogP contribution in [0.25, 0.3) is 10.2 Å². The van der Waals surface area contributed by atoms with Crippen LogP contribution in [0, 0.1) is 6.92 Å². The van der Waals surface area contributed by atoms with Gasteiger partial charge in [0.1, 0.15) is 0 Å². The number of aryl methyl sites for hydroxylation is 1. The number of hydrogen-bond acceptors (Lipinski definition) is 8. The summed E-state index contributed by atoms with van der Waals surface area (Å²) in [6.07, 6.45) is 6.30. The lowest BCUT2D eigenvalue weighted by Crippen LogP contribution is -2.21. The zero-order chi connectivity index (χ0) is 18.6. The second-order valence-corrected chi connectivity index (χ2v) is 9.91. The highest BCUT2D eigenvalue weighted by Gasteiger charge is 2.16. The summed E-state index contributed by atoms with van der Waals surface area (Å²) in [7, 11) is 0. The SMILES string of the molecule is Cc1ccc2nc(NC(=O)CSc3nnc(NC4CCCCC4)s3)sc2c1. The molecule has 1 saturated carbocycles. The Kier molecular flexibility index (Phi) is 5.89. The lowest BCUT2D eigenvalue weighted by atomic mass is 9.96. The molecule has 2 heterocycles. The van der Waals surface area contributed by atoms with Crippen LogP contribution in [0.15, 0.2) is 22.5 Å². The van der Waals surface area contributed by atoms with Crippen LogP contribution in [0.1, 0.15) is 37.7 Å². The maximum absolute atomic E-state index is 12.2. The average molecular weight is 420 g/mol. The molecule has 1 aliphatic carbocycles. The Hall–Kier alpha value is -1.71. The fraction of sp³-hybridized carbons (Fsp3) is 0.444. The Morgan fingerprint density at radius 3 is 2.89 bits per heavy atom. The molecule has 0 radical (unpaired) electrons. The first-order chi connectivity index (χ1) is 13.2. The Balaban J connectivity index is 1.28. The van der Waals surface area contributed by atoms with Crippen molar-refractivity contribution in [3.8, 4) is 0 Å². The lowest BCUT2D eigenvalue weighted by Gasteiger charge is -2.21. The van der Waals surface area contributed by atoms with E-state index in [1.165, 1.54) is 72.1 Å². The average Bonchev–Trinajstić information content (AvgIpc) is 3.26. The number of amides is 1. The van der Waals surface area contributed by atoms with E-state index >= 15 is 0 Å². The van der Waals surface area contributed by atoms with E-state index in [-0.39, 0.29) is 5.91 Å². The van der Waals surface area contributed by atoms with Crippen molar-refractivity contribution in [3.63, 3.8) is 0 Å². The van der Waals surface area contributed by atoms with Crippen molar-refractivity contribution in [1.29, 1.82) is 0 Å². The summed E-state index contributed by atoms with van der Waals surface area (Å²) < 4.78 is 1.89. The van der Waals surface area contributed by atoms with Crippen molar-refractivity contribution in [2.24, 2.45) is 0 Å². The minimum absolute atomic E-state index is 0.0761. The summed E-state index contributed by atoms with van der Waals surface area (Å²) in [5.74, 6) is 0.222. The Labute approximate surface area is 170 Å². The van der Waals surface area contributed by atoms with Crippen LogP contribution < -0.4 is 10.6 Å². The highest BCUT2D eigenvalue weighted by atomic mass is 32.2. The highest BCUT2D eigenvalue weighted by molar-refractivity contribution is 8.01. The van der Waals surface area contributed by atoms with E-state index in [0.717, 1.165) is 19.7 Å². The Morgan fingerprint density at radius 1 is 1.19 bits per heavy atom. The van der Waals surface area contributed by atoms with Gasteiger partial charge in [0.05, 0.1) is 16.0 Å². The molecule has 2 aromatic heterocycles. The van der Waals surface area contributed by atoms with Gasteiger partial charge in [-0.3, -0.25) is 4.79 Å². The van der Waals surface area contributed by atoms with Gasteiger partial charge in [0, 0.05) is 6.04 Å². The number of benzene rings is 1. The highest BCUT2D eigenvalue weighted by Crippen LogP contribution is 2.29. The molecule has 2 N–H and O–H groups in total. The quantitative estimate of drug-likeness (QED) is 0.551. The first-order valence-electron chi connectivity index (χ1n) is 9.05. The standard InChI is InChI=1S/C18H21N5OS3/c1-11-7-8-13-14(9-11)26-16(20-13)21-15(24)10-25-18-23-22-17(27-18)19-12-5-3-2-4-6-12/h7-9,12H,2-6,10H2,1H3,(H,19,22)(H,20,21,24). The van der Waals surface area contributed by atoms with Crippen LogP contribution >= 0.6 is 34.4 Å². The summed E-state index contributed by atoms with van der Waals surface area (Å²) in [5, 5.41) is 16.2. The van der Waals surface area contributed by atoms with Gasteiger partial charge in [-0.05, 0) is 37.5 Å². The van der Waals surface area contributed by atoms with Crippen LogP contribution in [0.4, 0.5) is 10.3 Å². The van der Waals surface area contributed by atoms with E-state index < -0.39 is 0 Å². The van der Waals surface area contributed by atoms with Gasteiger partial charge in [-0.2, -0.15) is 0 Å². The van der Waals surface area contributed by atoms with E-state index in [0.29, 0.717) is 16.9 Å². The molecule has 0 saturated heterocycles. The second-order valence-electron chi connectivity index (χ2n) is 6.68.